The molecule has 2 heterocycles. The number of fused-ring (bicyclic) bond motifs is 1. The first kappa shape index (κ1) is 24.0. The molecule has 0 saturated carbocycles. The van der Waals surface area contributed by atoms with Gasteiger partial charge in [0.05, 0.1) is 12.2 Å². The van der Waals surface area contributed by atoms with Crippen LogP contribution in [0.5, 0.6) is 5.75 Å². The molecule has 176 valence electrons. The van der Waals surface area contributed by atoms with Crippen molar-refractivity contribution in [3.63, 3.8) is 0 Å². The Labute approximate surface area is 206 Å². The predicted molar refractivity (Wildman–Crippen MR) is 130 cm³/mol. The quantitative estimate of drug-likeness (QED) is 0.474. The van der Waals surface area contributed by atoms with Gasteiger partial charge in [0.2, 0.25) is 11.2 Å². The number of ether oxygens (including phenoxy) is 1. The van der Waals surface area contributed by atoms with Crippen molar-refractivity contribution in [3.05, 3.63) is 91.8 Å². The Balaban J connectivity index is 2.00. The minimum atomic E-state index is -0.696. The number of amides is 1. The molecule has 0 bridgehead atoms. The van der Waals surface area contributed by atoms with Crippen LogP contribution < -0.4 is 10.2 Å². The van der Waals surface area contributed by atoms with Gasteiger partial charge in [0.1, 0.15) is 0 Å². The van der Waals surface area contributed by atoms with Crippen LogP contribution in [0.3, 0.4) is 0 Å². The van der Waals surface area contributed by atoms with E-state index in [1.54, 1.807) is 17.0 Å². The second-order valence-electron chi connectivity index (χ2n) is 8.43. The number of nitrogens with zero attached hydrogens (tertiary/aromatic N) is 3. The van der Waals surface area contributed by atoms with E-state index < -0.39 is 23.3 Å². The summed E-state index contributed by atoms with van der Waals surface area (Å²) in [7, 11) is 0. The maximum absolute atomic E-state index is 13.5. The molecule has 0 spiro atoms. The summed E-state index contributed by atoms with van der Waals surface area (Å²) in [4.78, 5) is 39.5. The zero-order valence-electron chi connectivity index (χ0n) is 18.9. The van der Waals surface area contributed by atoms with Crippen molar-refractivity contribution in [3.8, 4) is 5.75 Å². The van der Waals surface area contributed by atoms with E-state index in [0.717, 1.165) is 17.3 Å². The third kappa shape index (κ3) is 4.58. The number of carbonyl (C=O) groups excluding carboxylic acids is 2. The lowest BCUT2D eigenvalue weighted by molar-refractivity contribution is -0.132. The number of halogens is 2. The van der Waals surface area contributed by atoms with Crippen LogP contribution in [0.1, 0.15) is 54.3 Å². The number of esters is 1. The van der Waals surface area contributed by atoms with Gasteiger partial charge in [-0.15, -0.1) is 0 Å². The van der Waals surface area contributed by atoms with Crippen molar-refractivity contribution in [1.82, 2.24) is 14.7 Å². The SMILES string of the molecule is CC(=O)Oc1c2n(ncc1=O)C(C(c1cccc(Cl)c1)c1cccc(Cl)c1)CN(C(C)C)C2=O. The number of carbonyl (C=O) groups is 2. The normalized spacial score (nSPS) is 15.6. The molecule has 0 saturated heterocycles. The average molecular weight is 500 g/mol. The van der Waals surface area contributed by atoms with Crippen molar-refractivity contribution >= 4 is 35.1 Å². The van der Waals surface area contributed by atoms with Gasteiger partial charge in [-0.05, 0) is 49.2 Å². The molecule has 34 heavy (non-hydrogen) atoms. The zero-order chi connectivity index (χ0) is 24.6. The maximum atomic E-state index is 13.5. The third-order valence-electron chi connectivity index (χ3n) is 5.80. The molecular formula is C25H23Cl2N3O4. The fraction of sp³-hybridized carbons (Fsp3) is 0.280. The molecule has 1 aliphatic rings. The number of aromatic nitrogens is 2. The summed E-state index contributed by atoms with van der Waals surface area (Å²) in [5.41, 5.74) is 1.08. The lowest BCUT2D eigenvalue weighted by Crippen LogP contribution is -2.50. The van der Waals surface area contributed by atoms with E-state index in [4.69, 9.17) is 27.9 Å². The van der Waals surface area contributed by atoms with E-state index in [-0.39, 0.29) is 23.4 Å². The monoisotopic (exact) mass is 499 g/mol. The molecule has 0 fully saturated rings. The Morgan fingerprint density at radius 1 is 1.06 bits per heavy atom. The first-order valence-corrected chi connectivity index (χ1v) is 11.5. The van der Waals surface area contributed by atoms with E-state index in [0.29, 0.717) is 16.6 Å². The van der Waals surface area contributed by atoms with Crippen LogP contribution in [0.25, 0.3) is 0 Å². The van der Waals surface area contributed by atoms with E-state index in [9.17, 15) is 14.4 Å². The van der Waals surface area contributed by atoms with Crippen molar-refractivity contribution < 1.29 is 14.3 Å². The van der Waals surface area contributed by atoms with Crippen molar-refractivity contribution in [2.45, 2.75) is 38.8 Å². The second kappa shape index (κ2) is 9.60. The standard InChI is InChI=1S/C25H23Cl2N3O4/c1-14(2)29-13-20(30-23(25(29)33)24(34-15(3)31)21(32)12-28-30)22(16-6-4-8-18(26)10-16)17-7-5-9-19(27)11-17/h4-12,14,20,22H,13H2,1-3H3. The maximum Gasteiger partial charge on any atom is 0.308 e. The highest BCUT2D eigenvalue weighted by molar-refractivity contribution is 6.31. The molecule has 7 nitrogen and oxygen atoms in total. The van der Waals surface area contributed by atoms with Gasteiger partial charge in [0, 0.05) is 35.5 Å². The largest absolute Gasteiger partial charge is 0.420 e. The first-order valence-electron chi connectivity index (χ1n) is 10.8. The van der Waals surface area contributed by atoms with Gasteiger partial charge in [0.25, 0.3) is 5.91 Å². The topological polar surface area (TPSA) is 81.5 Å². The van der Waals surface area contributed by atoms with E-state index >= 15 is 0 Å². The number of benzene rings is 2. The highest BCUT2D eigenvalue weighted by Gasteiger charge is 2.41. The Morgan fingerprint density at radius 2 is 1.65 bits per heavy atom. The van der Waals surface area contributed by atoms with Crippen LogP contribution in [-0.4, -0.2) is 39.1 Å². The van der Waals surface area contributed by atoms with E-state index in [2.05, 4.69) is 5.10 Å². The highest BCUT2D eigenvalue weighted by atomic mass is 35.5. The highest BCUT2D eigenvalue weighted by Crippen LogP contribution is 2.41. The predicted octanol–water partition coefficient (Wildman–Crippen LogP) is 4.71. The van der Waals surface area contributed by atoms with Crippen molar-refractivity contribution in [2.24, 2.45) is 0 Å². The van der Waals surface area contributed by atoms with Crippen LogP contribution in [0.4, 0.5) is 0 Å². The Kier molecular flexibility index (Phi) is 6.77. The van der Waals surface area contributed by atoms with Gasteiger partial charge in [0.15, 0.2) is 5.69 Å². The number of rotatable bonds is 5. The van der Waals surface area contributed by atoms with Crippen LogP contribution in [0, 0.1) is 0 Å². The van der Waals surface area contributed by atoms with Gasteiger partial charge in [-0.1, -0.05) is 47.5 Å². The van der Waals surface area contributed by atoms with Crippen molar-refractivity contribution in [1.29, 1.82) is 0 Å². The minimum absolute atomic E-state index is 0.0540. The Morgan fingerprint density at radius 3 is 2.15 bits per heavy atom. The second-order valence-corrected chi connectivity index (χ2v) is 9.30. The molecule has 1 aromatic heterocycles. The molecule has 1 aliphatic heterocycles. The minimum Gasteiger partial charge on any atom is -0.420 e. The van der Waals surface area contributed by atoms with Crippen LogP contribution in [0.2, 0.25) is 10.0 Å². The molecule has 1 amide bonds. The van der Waals surface area contributed by atoms with Gasteiger partial charge in [-0.3, -0.25) is 19.1 Å². The molecule has 0 aliphatic carbocycles. The van der Waals surface area contributed by atoms with E-state index in [1.165, 1.54) is 11.6 Å². The Hall–Kier alpha value is -3.16. The van der Waals surface area contributed by atoms with Crippen LogP contribution in [-0.2, 0) is 4.79 Å². The number of hydrogen-bond acceptors (Lipinski definition) is 5. The lowest BCUT2D eigenvalue weighted by Gasteiger charge is -2.41. The lowest BCUT2D eigenvalue weighted by atomic mass is 9.83. The van der Waals surface area contributed by atoms with E-state index in [1.807, 2.05) is 50.2 Å². The fourth-order valence-electron chi connectivity index (χ4n) is 4.37. The summed E-state index contributed by atoms with van der Waals surface area (Å²) >= 11 is 12.7. The van der Waals surface area contributed by atoms with Gasteiger partial charge in [-0.2, -0.15) is 5.10 Å². The molecule has 1 unspecified atom stereocenters. The molecule has 9 heteroatoms. The van der Waals surface area contributed by atoms with Crippen LogP contribution >= 0.6 is 23.2 Å². The molecule has 0 N–H and O–H groups in total. The molecular weight excluding hydrogens is 477 g/mol. The molecule has 0 radical (unpaired) electrons. The molecule has 2 aromatic carbocycles. The summed E-state index contributed by atoms with van der Waals surface area (Å²) in [6, 6.07) is 14.3. The molecule has 4 rings (SSSR count). The third-order valence-corrected chi connectivity index (χ3v) is 6.27. The van der Waals surface area contributed by atoms with Crippen LogP contribution in [0.15, 0.2) is 59.5 Å². The zero-order valence-corrected chi connectivity index (χ0v) is 20.4. The molecule has 1 atom stereocenters. The van der Waals surface area contributed by atoms with Gasteiger partial charge < -0.3 is 9.64 Å². The Bertz CT molecular complexity index is 1280. The summed E-state index contributed by atoms with van der Waals surface area (Å²) in [6.45, 7) is 5.27. The first-order chi connectivity index (χ1) is 16.2. The number of hydrogen-bond donors (Lipinski definition) is 0. The summed E-state index contributed by atoms with van der Waals surface area (Å²) in [5.74, 6) is -1.77. The summed E-state index contributed by atoms with van der Waals surface area (Å²) in [6.07, 6.45) is 1.07. The summed E-state index contributed by atoms with van der Waals surface area (Å²) < 4.78 is 6.71. The smallest absolute Gasteiger partial charge is 0.308 e. The average Bonchev–Trinajstić information content (AvgIpc) is 2.77. The summed E-state index contributed by atoms with van der Waals surface area (Å²) in [5, 5.41) is 5.45. The van der Waals surface area contributed by atoms with Gasteiger partial charge >= 0.3 is 5.97 Å². The van der Waals surface area contributed by atoms with Crippen molar-refractivity contribution in [2.75, 3.05) is 6.54 Å². The fourth-order valence-corrected chi connectivity index (χ4v) is 4.76. The van der Waals surface area contributed by atoms with Gasteiger partial charge in [-0.25, -0.2) is 0 Å². The molecule has 3 aromatic rings.